The molecule has 0 aliphatic heterocycles. The summed E-state index contributed by atoms with van der Waals surface area (Å²) in [5.74, 6) is -2.99. The van der Waals surface area contributed by atoms with Crippen molar-refractivity contribution in [2.24, 2.45) is 0 Å². The van der Waals surface area contributed by atoms with Crippen LogP contribution < -0.4 is 10.1 Å². The highest BCUT2D eigenvalue weighted by atomic mass is 19.1. The summed E-state index contributed by atoms with van der Waals surface area (Å²) >= 11 is 0. The number of rotatable bonds is 7. The number of carboxylic acids is 1. The summed E-state index contributed by atoms with van der Waals surface area (Å²) in [7, 11) is 1.46. The van der Waals surface area contributed by atoms with Crippen molar-refractivity contribution in [3.05, 3.63) is 65.2 Å². The molecule has 2 aromatic rings. The van der Waals surface area contributed by atoms with Crippen LogP contribution in [0, 0.1) is 11.6 Å². The molecule has 0 radical (unpaired) electrons. The van der Waals surface area contributed by atoms with Gasteiger partial charge in [0.15, 0.2) is 0 Å². The fourth-order valence-electron chi connectivity index (χ4n) is 2.37. The topological polar surface area (TPSA) is 75.6 Å². The molecule has 0 fully saturated rings. The number of methoxy groups -OCH3 is 1. The summed E-state index contributed by atoms with van der Waals surface area (Å²) in [6.07, 6.45) is -0.376. The van der Waals surface area contributed by atoms with Gasteiger partial charge in [0.2, 0.25) is 5.91 Å². The smallest absolute Gasteiger partial charge is 0.326 e. The molecule has 0 aliphatic rings. The zero-order valence-corrected chi connectivity index (χ0v) is 13.5. The van der Waals surface area contributed by atoms with Gasteiger partial charge in [-0.15, -0.1) is 0 Å². The second-order valence-electron chi connectivity index (χ2n) is 5.39. The molecule has 0 bridgehead atoms. The van der Waals surface area contributed by atoms with E-state index in [-0.39, 0.29) is 18.4 Å². The van der Waals surface area contributed by atoms with Crippen molar-refractivity contribution in [2.45, 2.75) is 18.9 Å². The van der Waals surface area contributed by atoms with Crippen LogP contribution in [0.15, 0.2) is 42.5 Å². The van der Waals surface area contributed by atoms with Gasteiger partial charge in [-0.25, -0.2) is 13.6 Å². The predicted octanol–water partition coefficient (Wildman–Crippen LogP) is 2.33. The Labute approximate surface area is 143 Å². The number of carbonyl (C=O) groups excluding carboxylic acids is 1. The first-order valence-electron chi connectivity index (χ1n) is 7.48. The quantitative estimate of drug-likeness (QED) is 0.804. The van der Waals surface area contributed by atoms with E-state index in [1.165, 1.54) is 7.11 Å². The van der Waals surface area contributed by atoms with Crippen molar-refractivity contribution < 1.29 is 28.2 Å². The standard InChI is InChI=1S/C18H17F2NO4/c1-25-16-5-3-2-4-12(16)8-15(18(23)24)21-17(22)9-11-6-7-13(19)10-14(11)20/h2-7,10,15H,8-9H2,1H3,(H,21,22)(H,23,24)/t15-/m0/s1. The molecular formula is C18H17F2NO4. The van der Waals surface area contributed by atoms with Crippen molar-refractivity contribution >= 4 is 11.9 Å². The molecule has 0 aromatic heterocycles. The number of hydrogen-bond donors (Lipinski definition) is 2. The molecule has 1 amide bonds. The Kier molecular flexibility index (Phi) is 6.05. The van der Waals surface area contributed by atoms with Gasteiger partial charge in [0.1, 0.15) is 23.4 Å². The Balaban J connectivity index is 2.08. The van der Waals surface area contributed by atoms with Crippen molar-refractivity contribution in [3.8, 4) is 5.75 Å². The highest BCUT2D eigenvalue weighted by Crippen LogP contribution is 2.19. The Hall–Kier alpha value is -2.96. The number of carboxylic acid groups (broad SMARTS) is 1. The maximum absolute atomic E-state index is 13.6. The number of amides is 1. The van der Waals surface area contributed by atoms with E-state index in [0.29, 0.717) is 17.4 Å². The van der Waals surface area contributed by atoms with Gasteiger partial charge in [-0.2, -0.15) is 0 Å². The summed E-state index contributed by atoms with van der Waals surface area (Å²) in [5.41, 5.74) is 0.603. The Bertz CT molecular complexity index is 779. The molecule has 0 saturated heterocycles. The van der Waals surface area contributed by atoms with E-state index in [1.807, 2.05) is 0 Å². The number of hydrogen-bond acceptors (Lipinski definition) is 3. The lowest BCUT2D eigenvalue weighted by Crippen LogP contribution is -2.43. The molecule has 132 valence electrons. The number of benzene rings is 2. The van der Waals surface area contributed by atoms with Gasteiger partial charge >= 0.3 is 5.97 Å². The molecule has 0 aliphatic carbocycles. The summed E-state index contributed by atoms with van der Waals surface area (Å²) in [6, 6.07) is 8.51. The van der Waals surface area contributed by atoms with Crippen LogP contribution in [0.2, 0.25) is 0 Å². The molecule has 0 unspecified atom stereocenters. The van der Waals surface area contributed by atoms with Crippen LogP contribution in [-0.2, 0) is 22.4 Å². The van der Waals surface area contributed by atoms with Crippen LogP contribution in [0.4, 0.5) is 8.78 Å². The van der Waals surface area contributed by atoms with Crippen LogP contribution in [0.3, 0.4) is 0 Å². The van der Waals surface area contributed by atoms with Crippen molar-refractivity contribution in [2.75, 3.05) is 7.11 Å². The first-order valence-corrected chi connectivity index (χ1v) is 7.48. The second-order valence-corrected chi connectivity index (χ2v) is 5.39. The van der Waals surface area contributed by atoms with E-state index in [9.17, 15) is 23.5 Å². The van der Waals surface area contributed by atoms with E-state index in [2.05, 4.69) is 5.32 Å². The highest BCUT2D eigenvalue weighted by Gasteiger charge is 2.22. The van der Waals surface area contributed by atoms with Crippen LogP contribution in [0.25, 0.3) is 0 Å². The second kappa shape index (κ2) is 8.23. The SMILES string of the molecule is COc1ccccc1C[C@H](NC(=O)Cc1ccc(F)cc1F)C(=O)O. The third-order valence-electron chi connectivity index (χ3n) is 3.62. The first-order chi connectivity index (χ1) is 11.9. The maximum atomic E-state index is 13.6. The fraction of sp³-hybridized carbons (Fsp3) is 0.222. The van der Waals surface area contributed by atoms with Crippen LogP contribution in [0.1, 0.15) is 11.1 Å². The monoisotopic (exact) mass is 349 g/mol. The van der Waals surface area contributed by atoms with Gasteiger partial charge in [-0.05, 0) is 23.3 Å². The van der Waals surface area contributed by atoms with E-state index in [0.717, 1.165) is 12.1 Å². The molecule has 0 saturated carbocycles. The average Bonchev–Trinajstić information content (AvgIpc) is 2.57. The minimum Gasteiger partial charge on any atom is -0.496 e. The van der Waals surface area contributed by atoms with E-state index in [4.69, 9.17) is 4.74 Å². The van der Waals surface area contributed by atoms with Gasteiger partial charge in [-0.3, -0.25) is 4.79 Å². The Morgan fingerprint density at radius 3 is 2.52 bits per heavy atom. The van der Waals surface area contributed by atoms with Gasteiger partial charge in [0.05, 0.1) is 13.5 Å². The lowest BCUT2D eigenvalue weighted by atomic mass is 10.0. The molecule has 5 nitrogen and oxygen atoms in total. The molecule has 0 heterocycles. The number of nitrogens with one attached hydrogen (secondary N) is 1. The Morgan fingerprint density at radius 2 is 1.88 bits per heavy atom. The fourth-order valence-corrected chi connectivity index (χ4v) is 2.37. The van der Waals surface area contributed by atoms with Crippen LogP contribution in [0.5, 0.6) is 5.75 Å². The molecule has 2 aromatic carbocycles. The minimum atomic E-state index is -1.22. The van der Waals surface area contributed by atoms with E-state index in [1.54, 1.807) is 24.3 Å². The average molecular weight is 349 g/mol. The van der Waals surface area contributed by atoms with Crippen molar-refractivity contribution in [1.29, 1.82) is 0 Å². The largest absolute Gasteiger partial charge is 0.496 e. The van der Waals surface area contributed by atoms with E-state index < -0.39 is 29.6 Å². The minimum absolute atomic E-state index is 0.0109. The number of ether oxygens (including phenoxy) is 1. The summed E-state index contributed by atoms with van der Waals surface area (Å²) < 4.78 is 31.6. The van der Waals surface area contributed by atoms with Gasteiger partial charge in [-0.1, -0.05) is 24.3 Å². The zero-order valence-electron chi connectivity index (χ0n) is 13.5. The lowest BCUT2D eigenvalue weighted by molar-refractivity contribution is -0.141. The molecule has 7 heteroatoms. The van der Waals surface area contributed by atoms with Crippen LogP contribution in [-0.4, -0.2) is 30.1 Å². The van der Waals surface area contributed by atoms with Crippen LogP contribution >= 0.6 is 0 Å². The normalized spacial score (nSPS) is 11.6. The highest BCUT2D eigenvalue weighted by molar-refractivity contribution is 5.85. The first kappa shape index (κ1) is 18.4. The van der Waals surface area contributed by atoms with E-state index >= 15 is 0 Å². The van der Waals surface area contributed by atoms with Gasteiger partial charge in [0, 0.05) is 12.5 Å². The van der Waals surface area contributed by atoms with Gasteiger partial charge in [0.25, 0.3) is 0 Å². The molecule has 2 N–H and O–H groups in total. The number of halogens is 2. The number of carbonyl (C=O) groups is 2. The Morgan fingerprint density at radius 1 is 1.16 bits per heavy atom. The van der Waals surface area contributed by atoms with Crippen molar-refractivity contribution in [3.63, 3.8) is 0 Å². The summed E-state index contributed by atoms with van der Waals surface area (Å²) in [6.45, 7) is 0. The molecule has 0 spiro atoms. The number of para-hydroxylation sites is 1. The molecule has 1 atom stereocenters. The summed E-state index contributed by atoms with van der Waals surface area (Å²) in [4.78, 5) is 23.5. The van der Waals surface area contributed by atoms with Gasteiger partial charge < -0.3 is 15.2 Å². The zero-order chi connectivity index (χ0) is 18.4. The predicted molar refractivity (Wildman–Crippen MR) is 86.3 cm³/mol. The molecular weight excluding hydrogens is 332 g/mol. The third kappa shape index (κ3) is 5.00. The molecule has 2 rings (SSSR count). The third-order valence-corrected chi connectivity index (χ3v) is 3.62. The summed E-state index contributed by atoms with van der Waals surface area (Å²) in [5, 5.41) is 11.7. The molecule has 25 heavy (non-hydrogen) atoms. The lowest BCUT2D eigenvalue weighted by Gasteiger charge is -2.16. The maximum Gasteiger partial charge on any atom is 0.326 e. The van der Waals surface area contributed by atoms with Crippen molar-refractivity contribution in [1.82, 2.24) is 5.32 Å². The number of aliphatic carboxylic acids is 1.